The number of likely N-dealkylation sites (N-methyl/N-ethyl adjacent to an activating group) is 1. The lowest BCUT2D eigenvalue weighted by atomic mass is 9.80. The monoisotopic (exact) mass is 582 g/mol. The summed E-state index contributed by atoms with van der Waals surface area (Å²) in [4.78, 5) is 19.8. The van der Waals surface area contributed by atoms with Gasteiger partial charge in [-0.25, -0.2) is 12.8 Å². The highest BCUT2D eigenvalue weighted by Crippen LogP contribution is 2.49. The van der Waals surface area contributed by atoms with Crippen molar-refractivity contribution in [3.8, 4) is 5.75 Å². The Balaban J connectivity index is 1.49. The van der Waals surface area contributed by atoms with E-state index >= 15 is 4.39 Å². The molecule has 40 heavy (non-hydrogen) atoms. The van der Waals surface area contributed by atoms with Crippen LogP contribution < -0.4 is 4.74 Å². The molecule has 7 nitrogen and oxygen atoms in total. The van der Waals surface area contributed by atoms with Gasteiger partial charge < -0.3 is 9.47 Å². The van der Waals surface area contributed by atoms with Crippen molar-refractivity contribution in [3.05, 3.63) is 105 Å². The molecule has 0 saturated carbocycles. The van der Waals surface area contributed by atoms with Crippen LogP contribution in [-0.4, -0.2) is 51.8 Å². The van der Waals surface area contributed by atoms with Crippen LogP contribution in [-0.2, 0) is 25.9 Å². The number of sulfone groups is 1. The first kappa shape index (κ1) is 28.0. The van der Waals surface area contributed by atoms with E-state index in [-0.39, 0.29) is 50.8 Å². The maximum atomic E-state index is 15.4. The van der Waals surface area contributed by atoms with Crippen molar-refractivity contribution in [2.24, 2.45) is 10.9 Å². The highest BCUT2D eigenvalue weighted by molar-refractivity contribution is 7.95. The van der Waals surface area contributed by atoms with Gasteiger partial charge in [-0.1, -0.05) is 60.1 Å². The predicted molar refractivity (Wildman–Crippen MR) is 151 cm³/mol. The fourth-order valence-corrected chi connectivity index (χ4v) is 7.34. The number of nitrogens with zero attached hydrogens (tertiary/aromatic N) is 2. The molecule has 2 atom stereocenters. The second kappa shape index (κ2) is 11.5. The zero-order valence-corrected chi connectivity index (χ0v) is 23.6. The second-order valence-corrected chi connectivity index (χ2v) is 12.1. The second-order valence-electron chi connectivity index (χ2n) is 9.78. The molecular weight excluding hydrogens is 555 g/mol. The van der Waals surface area contributed by atoms with Crippen LogP contribution in [0.4, 0.5) is 4.39 Å². The largest absolute Gasteiger partial charge is 0.486 e. The Morgan fingerprint density at radius 3 is 2.58 bits per heavy atom. The Kier molecular flexibility index (Phi) is 8.07. The van der Waals surface area contributed by atoms with E-state index in [1.54, 1.807) is 25.1 Å². The molecule has 0 spiro atoms. The number of carbonyl (C=O) groups is 1. The van der Waals surface area contributed by atoms with Gasteiger partial charge >= 0.3 is 5.97 Å². The zero-order chi connectivity index (χ0) is 28.4. The number of aliphatic imine (C=N–C) groups is 1. The molecule has 0 saturated heterocycles. The van der Waals surface area contributed by atoms with Crippen molar-refractivity contribution in [2.75, 3.05) is 26.8 Å². The van der Waals surface area contributed by atoms with Gasteiger partial charge in [0.05, 0.1) is 10.6 Å². The Labute approximate surface area is 237 Å². The van der Waals surface area contributed by atoms with E-state index in [1.165, 1.54) is 24.3 Å². The van der Waals surface area contributed by atoms with Gasteiger partial charge in [0.25, 0.3) is 0 Å². The number of para-hydroxylation sites is 1. The third kappa shape index (κ3) is 5.41. The van der Waals surface area contributed by atoms with Crippen LogP contribution in [0, 0.1) is 11.7 Å². The molecule has 0 amide bonds. The minimum Gasteiger partial charge on any atom is -0.486 e. The van der Waals surface area contributed by atoms with Gasteiger partial charge in [0, 0.05) is 35.3 Å². The summed E-state index contributed by atoms with van der Waals surface area (Å²) in [6, 6.07) is 20.2. The number of carbonyl (C=O) groups excluding carboxylic acids is 1. The molecule has 10 heteroatoms. The van der Waals surface area contributed by atoms with Crippen LogP contribution in [0.5, 0.6) is 5.75 Å². The molecule has 0 bridgehead atoms. The van der Waals surface area contributed by atoms with Crippen molar-refractivity contribution >= 4 is 33.1 Å². The van der Waals surface area contributed by atoms with Gasteiger partial charge in [-0.05, 0) is 43.8 Å². The number of hydrogen-bond acceptors (Lipinski definition) is 7. The molecule has 2 unspecified atom stereocenters. The van der Waals surface area contributed by atoms with E-state index in [2.05, 4.69) is 4.99 Å². The summed E-state index contributed by atoms with van der Waals surface area (Å²) in [5, 5.41) is 0.000551. The highest BCUT2D eigenvalue weighted by atomic mass is 35.5. The summed E-state index contributed by atoms with van der Waals surface area (Å²) < 4.78 is 55.1. The summed E-state index contributed by atoms with van der Waals surface area (Å²) in [7, 11) is -2.36. The van der Waals surface area contributed by atoms with Gasteiger partial charge in [-0.3, -0.25) is 14.7 Å². The number of rotatable bonds is 7. The van der Waals surface area contributed by atoms with E-state index in [0.29, 0.717) is 13.1 Å². The number of halogens is 2. The van der Waals surface area contributed by atoms with Crippen molar-refractivity contribution in [1.29, 1.82) is 0 Å². The van der Waals surface area contributed by atoms with Crippen molar-refractivity contribution < 1.29 is 27.1 Å². The average Bonchev–Trinajstić information content (AvgIpc) is 3.02. The summed E-state index contributed by atoms with van der Waals surface area (Å²) in [6.07, 6.45) is 0. The number of fused-ring (bicyclic) bond motifs is 1. The first-order valence-corrected chi connectivity index (χ1v) is 14.6. The lowest BCUT2D eigenvalue weighted by molar-refractivity contribution is -0.146. The number of hydrogen-bond donors (Lipinski definition) is 0. The molecule has 0 aromatic heterocycles. The molecule has 0 aliphatic carbocycles. The average molecular weight is 583 g/mol. The third-order valence-electron chi connectivity index (χ3n) is 7.03. The molecule has 0 fully saturated rings. The van der Waals surface area contributed by atoms with Crippen LogP contribution >= 0.6 is 11.6 Å². The van der Waals surface area contributed by atoms with Crippen LogP contribution in [0.25, 0.3) is 0 Å². The normalized spacial score (nSPS) is 19.7. The third-order valence-corrected chi connectivity index (χ3v) is 9.35. The van der Waals surface area contributed by atoms with E-state index in [1.807, 2.05) is 42.3 Å². The molecule has 2 aliphatic rings. The summed E-state index contributed by atoms with van der Waals surface area (Å²) in [5.74, 6) is -3.79. The standard InChI is InChI=1S/C30H28ClFN2O5S/c1-19-26(30(35)38-16-15-34(2)17-20-9-4-3-5-10-20)28(27-21(31)11-8-12-22(27)32)29-23(33-19)18-39-24-13-6-7-14-25(24)40(29,36)37/h3-14,26,28H,15-18H2,1-2H3. The quantitative estimate of drug-likeness (QED) is 0.347. The topological polar surface area (TPSA) is 85.3 Å². The maximum absolute atomic E-state index is 15.4. The van der Waals surface area contributed by atoms with Crippen LogP contribution in [0.1, 0.15) is 24.0 Å². The number of esters is 1. The molecule has 2 heterocycles. The lowest BCUT2D eigenvalue weighted by Gasteiger charge is -2.32. The van der Waals surface area contributed by atoms with Crippen LogP contribution in [0.3, 0.4) is 0 Å². The fraction of sp³-hybridized carbons (Fsp3) is 0.267. The Bertz CT molecular complexity index is 1590. The lowest BCUT2D eigenvalue weighted by Crippen LogP contribution is -2.38. The fourth-order valence-electron chi connectivity index (χ4n) is 5.17. The van der Waals surface area contributed by atoms with Crippen LogP contribution in [0.2, 0.25) is 5.02 Å². The smallest absolute Gasteiger partial charge is 0.315 e. The zero-order valence-electron chi connectivity index (χ0n) is 22.0. The van der Waals surface area contributed by atoms with E-state index in [9.17, 15) is 13.2 Å². The SMILES string of the molecule is CC1=NC2=C(C(c3c(F)cccc3Cl)C1C(=O)OCCN(C)Cc1ccccc1)S(=O)(=O)c1ccccc1OC2. The van der Waals surface area contributed by atoms with Gasteiger partial charge in [-0.2, -0.15) is 0 Å². The van der Waals surface area contributed by atoms with Crippen molar-refractivity contribution in [1.82, 2.24) is 4.90 Å². The number of ether oxygens (including phenoxy) is 2. The van der Waals surface area contributed by atoms with E-state index < -0.39 is 33.5 Å². The van der Waals surface area contributed by atoms with Crippen molar-refractivity contribution in [2.45, 2.75) is 24.3 Å². The minimum atomic E-state index is -4.26. The molecule has 3 aromatic rings. The highest BCUT2D eigenvalue weighted by Gasteiger charge is 2.48. The summed E-state index contributed by atoms with van der Waals surface area (Å²) >= 11 is 6.48. The predicted octanol–water partition coefficient (Wildman–Crippen LogP) is 5.41. The van der Waals surface area contributed by atoms with Gasteiger partial charge in [-0.15, -0.1) is 0 Å². The van der Waals surface area contributed by atoms with Gasteiger partial charge in [0.1, 0.15) is 35.6 Å². The number of benzene rings is 3. The van der Waals surface area contributed by atoms with Crippen LogP contribution in [0.15, 0.2) is 93.3 Å². The van der Waals surface area contributed by atoms with Gasteiger partial charge in [0.15, 0.2) is 0 Å². The first-order chi connectivity index (χ1) is 19.2. The number of allylic oxidation sites excluding steroid dienone is 1. The molecule has 3 aromatic carbocycles. The maximum Gasteiger partial charge on any atom is 0.315 e. The summed E-state index contributed by atoms with van der Waals surface area (Å²) in [6.45, 7) is 2.57. The Morgan fingerprint density at radius 1 is 1.10 bits per heavy atom. The van der Waals surface area contributed by atoms with E-state index in [4.69, 9.17) is 21.1 Å². The molecule has 0 N–H and O–H groups in total. The van der Waals surface area contributed by atoms with E-state index in [0.717, 1.165) is 5.56 Å². The molecule has 2 aliphatic heterocycles. The molecule has 0 radical (unpaired) electrons. The summed E-state index contributed by atoms with van der Waals surface area (Å²) in [5.41, 5.74) is 1.40. The van der Waals surface area contributed by atoms with Crippen molar-refractivity contribution in [3.63, 3.8) is 0 Å². The molecule has 208 valence electrons. The first-order valence-electron chi connectivity index (χ1n) is 12.8. The Morgan fingerprint density at radius 2 is 1.82 bits per heavy atom. The molecule has 5 rings (SSSR count). The van der Waals surface area contributed by atoms with Gasteiger partial charge in [0.2, 0.25) is 9.84 Å². The minimum absolute atomic E-state index is 0.000551. The molecular formula is C30H28ClFN2O5S. The Hall–Kier alpha value is -3.53.